The Morgan fingerprint density at radius 2 is 2.31 bits per heavy atom. The van der Waals surface area contributed by atoms with E-state index in [1.165, 1.54) is 5.56 Å². The molecule has 1 heterocycles. The van der Waals surface area contributed by atoms with E-state index in [-0.39, 0.29) is 0 Å². The summed E-state index contributed by atoms with van der Waals surface area (Å²) in [5.74, 6) is 0.906. The second-order valence-corrected chi connectivity index (χ2v) is 3.44. The molecule has 0 aromatic heterocycles. The van der Waals surface area contributed by atoms with Gasteiger partial charge in [-0.15, -0.1) is 0 Å². The van der Waals surface area contributed by atoms with Gasteiger partial charge in [0.2, 0.25) is 0 Å². The van der Waals surface area contributed by atoms with Crippen molar-refractivity contribution in [2.75, 3.05) is 13.7 Å². The van der Waals surface area contributed by atoms with Crippen molar-refractivity contribution in [1.82, 2.24) is 5.32 Å². The van der Waals surface area contributed by atoms with Crippen LogP contribution >= 0.6 is 12.2 Å². The van der Waals surface area contributed by atoms with Crippen molar-refractivity contribution in [2.24, 2.45) is 0 Å². The van der Waals surface area contributed by atoms with Gasteiger partial charge in [-0.05, 0) is 30.2 Å². The van der Waals surface area contributed by atoms with Crippen LogP contribution in [0, 0.1) is 0 Å². The van der Waals surface area contributed by atoms with E-state index in [4.69, 9.17) is 17.0 Å². The minimum atomic E-state index is 0.851. The van der Waals surface area contributed by atoms with Crippen LogP contribution in [0.5, 0.6) is 5.75 Å². The number of thiocarbonyl (C=S) groups is 1. The molecule has 0 unspecified atom stereocenters. The molecule has 0 spiro atoms. The van der Waals surface area contributed by atoms with E-state index < -0.39 is 0 Å². The molecule has 13 heavy (non-hydrogen) atoms. The molecule has 2 nitrogen and oxygen atoms in total. The van der Waals surface area contributed by atoms with E-state index in [0.717, 1.165) is 29.3 Å². The highest BCUT2D eigenvalue weighted by atomic mass is 32.1. The van der Waals surface area contributed by atoms with Crippen molar-refractivity contribution < 1.29 is 4.74 Å². The standard InChI is InChI=1S/C10H11NOS/c1-12-8-2-3-9-7(6-8)4-5-11-10(9)13/h2-3,6H,4-5H2,1H3,(H,11,13). The molecule has 0 atom stereocenters. The summed E-state index contributed by atoms with van der Waals surface area (Å²) in [7, 11) is 1.68. The van der Waals surface area contributed by atoms with Gasteiger partial charge in [-0.2, -0.15) is 0 Å². The molecule has 0 amide bonds. The summed E-state index contributed by atoms with van der Waals surface area (Å²) in [6.07, 6.45) is 1.02. The van der Waals surface area contributed by atoms with Crippen LogP contribution in [0.1, 0.15) is 11.1 Å². The van der Waals surface area contributed by atoms with Crippen molar-refractivity contribution in [3.63, 3.8) is 0 Å². The fourth-order valence-corrected chi connectivity index (χ4v) is 1.83. The maximum Gasteiger partial charge on any atom is 0.119 e. The number of hydrogen-bond acceptors (Lipinski definition) is 2. The molecule has 1 N–H and O–H groups in total. The average Bonchev–Trinajstić information content (AvgIpc) is 2.18. The Morgan fingerprint density at radius 3 is 3.08 bits per heavy atom. The van der Waals surface area contributed by atoms with Gasteiger partial charge in [0.05, 0.1) is 7.11 Å². The Bertz CT molecular complexity index is 349. The van der Waals surface area contributed by atoms with Crippen LogP contribution in [-0.4, -0.2) is 18.6 Å². The molecule has 1 aromatic carbocycles. The van der Waals surface area contributed by atoms with Crippen LogP contribution in [0.15, 0.2) is 18.2 Å². The van der Waals surface area contributed by atoms with Gasteiger partial charge < -0.3 is 10.1 Å². The van der Waals surface area contributed by atoms with Crippen LogP contribution in [0.2, 0.25) is 0 Å². The lowest BCUT2D eigenvalue weighted by atomic mass is 10.0. The van der Waals surface area contributed by atoms with Crippen molar-refractivity contribution in [3.8, 4) is 5.75 Å². The molecule has 2 rings (SSSR count). The zero-order chi connectivity index (χ0) is 9.26. The monoisotopic (exact) mass is 193 g/mol. The highest BCUT2D eigenvalue weighted by Crippen LogP contribution is 2.20. The van der Waals surface area contributed by atoms with Crippen molar-refractivity contribution in [3.05, 3.63) is 29.3 Å². The molecule has 0 fully saturated rings. The second kappa shape index (κ2) is 3.34. The fraction of sp³-hybridized carbons (Fsp3) is 0.300. The van der Waals surface area contributed by atoms with Crippen LogP contribution in [-0.2, 0) is 6.42 Å². The van der Waals surface area contributed by atoms with Gasteiger partial charge in [-0.1, -0.05) is 12.2 Å². The molecule has 0 aliphatic carbocycles. The molecule has 1 aromatic rings. The molecule has 1 aliphatic rings. The molecular formula is C10H11NOS. The number of ether oxygens (including phenoxy) is 1. The highest BCUT2D eigenvalue weighted by molar-refractivity contribution is 7.80. The predicted molar refractivity (Wildman–Crippen MR) is 56.4 cm³/mol. The maximum absolute atomic E-state index is 5.19. The Labute approximate surface area is 82.9 Å². The van der Waals surface area contributed by atoms with Gasteiger partial charge in [-0.25, -0.2) is 0 Å². The number of methoxy groups -OCH3 is 1. The second-order valence-electron chi connectivity index (χ2n) is 3.03. The first kappa shape index (κ1) is 8.51. The molecular weight excluding hydrogens is 182 g/mol. The lowest BCUT2D eigenvalue weighted by Gasteiger charge is -2.19. The topological polar surface area (TPSA) is 21.3 Å². The first-order chi connectivity index (χ1) is 6.31. The third-order valence-corrected chi connectivity index (χ3v) is 2.60. The summed E-state index contributed by atoms with van der Waals surface area (Å²) < 4.78 is 5.15. The quantitative estimate of drug-likeness (QED) is 0.683. The number of benzene rings is 1. The largest absolute Gasteiger partial charge is 0.497 e. The first-order valence-electron chi connectivity index (χ1n) is 4.26. The summed E-state index contributed by atoms with van der Waals surface area (Å²) >= 11 is 5.19. The van der Waals surface area contributed by atoms with Crippen molar-refractivity contribution in [2.45, 2.75) is 6.42 Å². The Morgan fingerprint density at radius 1 is 1.46 bits per heavy atom. The summed E-state index contributed by atoms with van der Waals surface area (Å²) in [5, 5.41) is 3.17. The molecule has 1 aliphatic heterocycles. The van der Waals surface area contributed by atoms with Gasteiger partial charge in [0.1, 0.15) is 10.7 Å². The number of nitrogens with one attached hydrogen (secondary N) is 1. The van der Waals surface area contributed by atoms with E-state index in [2.05, 4.69) is 11.4 Å². The van der Waals surface area contributed by atoms with E-state index in [0.29, 0.717) is 0 Å². The van der Waals surface area contributed by atoms with Crippen molar-refractivity contribution >= 4 is 17.2 Å². The van der Waals surface area contributed by atoms with Gasteiger partial charge in [0, 0.05) is 12.1 Å². The van der Waals surface area contributed by atoms with Gasteiger partial charge in [0.25, 0.3) is 0 Å². The van der Waals surface area contributed by atoms with E-state index in [1.807, 2.05) is 12.1 Å². The number of rotatable bonds is 1. The normalized spacial score (nSPS) is 14.7. The van der Waals surface area contributed by atoms with Gasteiger partial charge >= 0.3 is 0 Å². The third-order valence-electron chi connectivity index (χ3n) is 2.24. The van der Waals surface area contributed by atoms with Crippen LogP contribution in [0.4, 0.5) is 0 Å². The van der Waals surface area contributed by atoms with E-state index in [1.54, 1.807) is 7.11 Å². The summed E-state index contributed by atoms with van der Waals surface area (Å²) in [4.78, 5) is 0.851. The number of fused-ring (bicyclic) bond motifs is 1. The molecule has 0 saturated heterocycles. The maximum atomic E-state index is 5.19. The first-order valence-corrected chi connectivity index (χ1v) is 4.67. The highest BCUT2D eigenvalue weighted by Gasteiger charge is 2.13. The smallest absolute Gasteiger partial charge is 0.119 e. The summed E-state index contributed by atoms with van der Waals surface area (Å²) in [6.45, 7) is 0.930. The predicted octanol–water partition coefficient (Wildman–Crippen LogP) is 1.52. The van der Waals surface area contributed by atoms with Crippen LogP contribution < -0.4 is 10.1 Å². The summed E-state index contributed by atoms with van der Waals surface area (Å²) in [5.41, 5.74) is 2.42. The van der Waals surface area contributed by atoms with E-state index >= 15 is 0 Å². The SMILES string of the molecule is COc1ccc2c(c1)CCNC2=S. The molecule has 0 radical (unpaired) electrons. The lowest BCUT2D eigenvalue weighted by Crippen LogP contribution is -2.30. The Kier molecular flexibility index (Phi) is 2.19. The third kappa shape index (κ3) is 1.52. The zero-order valence-electron chi connectivity index (χ0n) is 7.46. The number of hydrogen-bond donors (Lipinski definition) is 1. The van der Waals surface area contributed by atoms with Crippen molar-refractivity contribution in [1.29, 1.82) is 0 Å². The van der Waals surface area contributed by atoms with Gasteiger partial charge in [-0.3, -0.25) is 0 Å². The Hall–Kier alpha value is -1.09. The molecule has 0 bridgehead atoms. The average molecular weight is 193 g/mol. The minimum Gasteiger partial charge on any atom is -0.497 e. The molecule has 3 heteroatoms. The molecule has 0 saturated carbocycles. The minimum absolute atomic E-state index is 0.851. The van der Waals surface area contributed by atoms with Crippen LogP contribution in [0.25, 0.3) is 0 Å². The summed E-state index contributed by atoms with van der Waals surface area (Å²) in [6, 6.07) is 6.02. The van der Waals surface area contributed by atoms with Gasteiger partial charge in [0.15, 0.2) is 0 Å². The van der Waals surface area contributed by atoms with E-state index in [9.17, 15) is 0 Å². The fourth-order valence-electron chi connectivity index (χ4n) is 1.53. The Balaban J connectivity index is 2.45. The lowest BCUT2D eigenvalue weighted by molar-refractivity contribution is 0.414. The zero-order valence-corrected chi connectivity index (χ0v) is 8.28. The van der Waals surface area contributed by atoms with Crippen LogP contribution in [0.3, 0.4) is 0 Å². The molecule has 68 valence electrons.